The van der Waals surface area contributed by atoms with Crippen molar-refractivity contribution in [3.8, 4) is 16.5 Å². The Morgan fingerprint density at radius 1 is 1.24 bits per heavy atom. The largest absolute Gasteiger partial charge is 0.486 e. The average molecular weight is 321 g/mol. The van der Waals surface area contributed by atoms with E-state index < -0.39 is 5.82 Å². The summed E-state index contributed by atoms with van der Waals surface area (Å²) in [5.41, 5.74) is 1.61. The lowest BCUT2D eigenvalue weighted by Crippen LogP contribution is -1.96. The van der Waals surface area contributed by atoms with Gasteiger partial charge in [-0.3, -0.25) is 4.98 Å². The van der Waals surface area contributed by atoms with Crippen LogP contribution in [0.1, 0.15) is 5.69 Å². The normalized spacial score (nSPS) is 10.6. The van der Waals surface area contributed by atoms with E-state index in [1.807, 2.05) is 23.6 Å². The van der Waals surface area contributed by atoms with Crippen molar-refractivity contribution in [3.05, 3.63) is 64.5 Å². The number of hydrogen-bond acceptors (Lipinski definition) is 4. The summed E-state index contributed by atoms with van der Waals surface area (Å²) in [7, 11) is 0. The number of halogens is 2. The van der Waals surface area contributed by atoms with Gasteiger partial charge < -0.3 is 4.74 Å². The lowest BCUT2D eigenvalue weighted by Gasteiger charge is -2.06. The van der Waals surface area contributed by atoms with Crippen LogP contribution in [0, 0.1) is 5.82 Å². The number of thiazole rings is 1. The highest BCUT2D eigenvalue weighted by Gasteiger charge is 2.08. The van der Waals surface area contributed by atoms with Crippen LogP contribution in [0.15, 0.2) is 48.0 Å². The number of rotatable bonds is 4. The molecular weight excluding hydrogens is 311 g/mol. The van der Waals surface area contributed by atoms with E-state index in [-0.39, 0.29) is 11.6 Å². The summed E-state index contributed by atoms with van der Waals surface area (Å²) in [6, 6.07) is 9.71. The molecule has 0 saturated carbocycles. The molecule has 0 aliphatic rings. The summed E-state index contributed by atoms with van der Waals surface area (Å²) in [4.78, 5) is 8.71. The predicted molar refractivity (Wildman–Crippen MR) is 81.1 cm³/mol. The van der Waals surface area contributed by atoms with Crippen molar-refractivity contribution in [1.82, 2.24) is 9.97 Å². The number of benzene rings is 1. The molecule has 0 aliphatic heterocycles. The monoisotopic (exact) mass is 320 g/mol. The minimum absolute atomic E-state index is 0.246. The molecule has 0 atom stereocenters. The van der Waals surface area contributed by atoms with Crippen molar-refractivity contribution >= 4 is 22.9 Å². The molecule has 0 N–H and O–H groups in total. The Labute approximate surface area is 130 Å². The number of aromatic nitrogens is 2. The van der Waals surface area contributed by atoms with Gasteiger partial charge in [-0.25, -0.2) is 9.37 Å². The van der Waals surface area contributed by atoms with Gasteiger partial charge in [0.05, 0.1) is 16.4 Å². The lowest BCUT2D eigenvalue weighted by molar-refractivity contribution is 0.302. The maximum Gasteiger partial charge on any atom is 0.142 e. The van der Waals surface area contributed by atoms with Crippen molar-refractivity contribution in [2.24, 2.45) is 0 Å². The highest BCUT2D eigenvalue weighted by Crippen LogP contribution is 2.27. The summed E-state index contributed by atoms with van der Waals surface area (Å²) in [6.07, 6.45) is 1.73. The maximum absolute atomic E-state index is 12.9. The van der Waals surface area contributed by atoms with Crippen LogP contribution < -0.4 is 4.74 Å². The number of pyridine rings is 1. The summed E-state index contributed by atoms with van der Waals surface area (Å²) in [5, 5.41) is 2.98. The molecule has 6 heteroatoms. The topological polar surface area (TPSA) is 35.0 Å². The first-order valence-electron chi connectivity index (χ1n) is 6.16. The lowest BCUT2D eigenvalue weighted by atomic mass is 10.3. The number of nitrogens with zero attached hydrogens (tertiary/aromatic N) is 2. The summed E-state index contributed by atoms with van der Waals surface area (Å²) in [5.74, 6) is 0.0453. The fourth-order valence-corrected chi connectivity index (χ4v) is 2.73. The molecule has 0 unspecified atom stereocenters. The smallest absolute Gasteiger partial charge is 0.142 e. The molecule has 2 aromatic heterocycles. The maximum atomic E-state index is 12.9. The Morgan fingerprint density at radius 3 is 2.90 bits per heavy atom. The van der Waals surface area contributed by atoms with Gasteiger partial charge in [0, 0.05) is 11.6 Å². The molecule has 0 aliphatic carbocycles. The van der Waals surface area contributed by atoms with Gasteiger partial charge in [-0.05, 0) is 30.3 Å². The zero-order valence-electron chi connectivity index (χ0n) is 10.8. The van der Waals surface area contributed by atoms with Crippen molar-refractivity contribution in [2.45, 2.75) is 6.61 Å². The molecule has 2 heterocycles. The van der Waals surface area contributed by atoms with Gasteiger partial charge >= 0.3 is 0 Å². The molecule has 0 spiro atoms. The first-order chi connectivity index (χ1) is 10.2. The van der Waals surface area contributed by atoms with E-state index in [1.165, 1.54) is 29.5 Å². The first-order valence-corrected chi connectivity index (χ1v) is 7.42. The second kappa shape index (κ2) is 6.20. The molecule has 0 radical (unpaired) electrons. The molecule has 0 amide bonds. The molecule has 3 aromatic rings. The van der Waals surface area contributed by atoms with Crippen molar-refractivity contribution in [2.75, 3.05) is 0 Å². The van der Waals surface area contributed by atoms with Crippen LogP contribution in [0.3, 0.4) is 0 Å². The molecule has 3 nitrogen and oxygen atoms in total. The number of hydrogen-bond donors (Lipinski definition) is 0. The van der Waals surface area contributed by atoms with Gasteiger partial charge in [0.2, 0.25) is 0 Å². The van der Waals surface area contributed by atoms with Gasteiger partial charge in [0.25, 0.3) is 0 Å². The molecule has 0 bridgehead atoms. The number of ether oxygens (including phenoxy) is 1. The molecular formula is C15H10ClFN2OS. The van der Waals surface area contributed by atoms with E-state index >= 15 is 0 Å². The van der Waals surface area contributed by atoms with Crippen LogP contribution >= 0.6 is 22.9 Å². The molecule has 3 rings (SSSR count). The van der Waals surface area contributed by atoms with E-state index in [1.54, 1.807) is 6.20 Å². The third kappa shape index (κ3) is 3.37. The molecule has 106 valence electrons. The van der Waals surface area contributed by atoms with Crippen molar-refractivity contribution in [3.63, 3.8) is 0 Å². The zero-order chi connectivity index (χ0) is 14.7. The van der Waals surface area contributed by atoms with Gasteiger partial charge in [0.15, 0.2) is 0 Å². The molecule has 1 aromatic carbocycles. The van der Waals surface area contributed by atoms with Gasteiger partial charge in [-0.15, -0.1) is 11.3 Å². The SMILES string of the molecule is Fc1ccc(OCc2csc(-c3ccccn3)n2)c(Cl)c1. The fourth-order valence-electron chi connectivity index (χ4n) is 1.72. The second-order valence-corrected chi connectivity index (χ2v) is 5.49. The van der Waals surface area contributed by atoms with Crippen LogP contribution in [0.5, 0.6) is 5.75 Å². The van der Waals surface area contributed by atoms with Crippen LogP contribution in [0.4, 0.5) is 4.39 Å². The van der Waals surface area contributed by atoms with Crippen molar-refractivity contribution < 1.29 is 9.13 Å². The van der Waals surface area contributed by atoms with E-state index in [9.17, 15) is 4.39 Å². The van der Waals surface area contributed by atoms with E-state index in [0.29, 0.717) is 5.75 Å². The minimum Gasteiger partial charge on any atom is -0.486 e. The van der Waals surface area contributed by atoms with Gasteiger partial charge in [0.1, 0.15) is 23.2 Å². The zero-order valence-corrected chi connectivity index (χ0v) is 12.4. The standard InChI is InChI=1S/C15H10ClFN2OS/c16-12-7-10(17)4-5-14(12)20-8-11-9-21-15(19-11)13-3-1-2-6-18-13/h1-7,9H,8H2. The highest BCUT2D eigenvalue weighted by molar-refractivity contribution is 7.13. The highest BCUT2D eigenvalue weighted by atomic mass is 35.5. The third-order valence-electron chi connectivity index (χ3n) is 2.71. The Kier molecular flexibility index (Phi) is 4.13. The average Bonchev–Trinajstić information content (AvgIpc) is 2.96. The van der Waals surface area contributed by atoms with Gasteiger partial charge in [-0.2, -0.15) is 0 Å². The quantitative estimate of drug-likeness (QED) is 0.706. The fraction of sp³-hybridized carbons (Fsp3) is 0.0667. The summed E-state index contributed by atoms with van der Waals surface area (Å²) < 4.78 is 18.5. The molecule has 0 saturated heterocycles. The van der Waals surface area contributed by atoms with Crippen LogP contribution in [0.25, 0.3) is 10.7 Å². The third-order valence-corrected chi connectivity index (χ3v) is 3.91. The summed E-state index contributed by atoms with van der Waals surface area (Å²) >= 11 is 7.40. The Bertz CT molecular complexity index is 748. The summed E-state index contributed by atoms with van der Waals surface area (Å²) in [6.45, 7) is 0.273. The predicted octanol–water partition coefficient (Wildman–Crippen LogP) is 4.58. The second-order valence-electron chi connectivity index (χ2n) is 4.22. The first kappa shape index (κ1) is 14.0. The van der Waals surface area contributed by atoms with Gasteiger partial charge in [-0.1, -0.05) is 17.7 Å². The van der Waals surface area contributed by atoms with Crippen molar-refractivity contribution in [1.29, 1.82) is 0 Å². The molecule has 21 heavy (non-hydrogen) atoms. The minimum atomic E-state index is -0.390. The van der Waals surface area contributed by atoms with Crippen LogP contribution in [-0.4, -0.2) is 9.97 Å². The van der Waals surface area contributed by atoms with E-state index in [4.69, 9.17) is 16.3 Å². The Balaban J connectivity index is 1.70. The van der Waals surface area contributed by atoms with E-state index in [0.717, 1.165) is 16.4 Å². The Morgan fingerprint density at radius 2 is 2.14 bits per heavy atom. The van der Waals surface area contributed by atoms with Crippen LogP contribution in [-0.2, 0) is 6.61 Å². The molecule has 0 fully saturated rings. The Hall–Kier alpha value is -1.98. The van der Waals surface area contributed by atoms with Crippen LogP contribution in [0.2, 0.25) is 5.02 Å². The van der Waals surface area contributed by atoms with E-state index in [2.05, 4.69) is 9.97 Å².